The molecule has 3 heterocycles. The fourth-order valence-corrected chi connectivity index (χ4v) is 5.28. The van der Waals surface area contributed by atoms with Gasteiger partial charge in [-0.25, -0.2) is 18.7 Å². The fourth-order valence-electron chi connectivity index (χ4n) is 4.33. The quantitative estimate of drug-likeness (QED) is 0.0957. The van der Waals surface area contributed by atoms with E-state index < -0.39 is 112 Å². The first-order valence-corrected chi connectivity index (χ1v) is 13.7. The van der Waals surface area contributed by atoms with Crippen LogP contribution in [0, 0.1) is 0 Å². The molecule has 2 aliphatic rings. The highest BCUT2D eigenvalue weighted by molar-refractivity contribution is 7.47. The molecule has 2 saturated heterocycles. The Labute approximate surface area is 235 Å². The number of aromatic nitrogens is 2. The normalized spacial score (nSPS) is 34.3. The lowest BCUT2D eigenvalue weighted by Gasteiger charge is -2.46. The topological polar surface area (TPSA) is 349 Å². The average molecular weight is 629 g/mol. The van der Waals surface area contributed by atoms with E-state index in [9.17, 15) is 59.6 Å². The molecule has 3 rings (SSSR count). The van der Waals surface area contributed by atoms with Crippen molar-refractivity contribution in [1.82, 2.24) is 14.9 Å². The van der Waals surface area contributed by atoms with Crippen molar-refractivity contribution in [3.05, 3.63) is 22.7 Å². The van der Waals surface area contributed by atoms with Crippen LogP contribution in [0.4, 0.5) is 5.82 Å². The lowest BCUT2D eigenvalue weighted by molar-refractivity contribution is -0.289. The van der Waals surface area contributed by atoms with E-state index in [1.807, 2.05) is 0 Å². The number of carbonyl (C=O) groups is 2. The highest BCUT2D eigenvalue weighted by Crippen LogP contribution is 2.51. The number of phosphoric ester groups is 1. The number of hydrogen-bond acceptors (Lipinski definition) is 17. The maximum Gasteiger partial charge on any atom is 0.475 e. The van der Waals surface area contributed by atoms with Gasteiger partial charge in [-0.3, -0.25) is 13.9 Å². The number of anilines is 1. The summed E-state index contributed by atoms with van der Waals surface area (Å²) in [6.07, 6.45) is -14.9. The molecule has 0 aromatic carbocycles. The molecule has 1 amide bonds. The third kappa shape index (κ3) is 7.29. The van der Waals surface area contributed by atoms with Gasteiger partial charge in [0.1, 0.15) is 42.4 Å². The van der Waals surface area contributed by atoms with E-state index in [2.05, 4.69) is 10.3 Å². The van der Waals surface area contributed by atoms with Gasteiger partial charge in [0, 0.05) is 12.6 Å². The van der Waals surface area contributed by atoms with Crippen LogP contribution in [0.1, 0.15) is 12.6 Å². The first-order valence-electron chi connectivity index (χ1n) is 12.2. The van der Waals surface area contributed by atoms with E-state index in [1.54, 1.807) is 0 Å². The molecule has 0 spiro atoms. The van der Waals surface area contributed by atoms with Crippen molar-refractivity contribution < 1.29 is 73.3 Å². The number of carboxylic acids is 1. The first kappa shape index (κ1) is 33.9. The molecule has 0 aliphatic carbocycles. The van der Waals surface area contributed by atoms with E-state index in [4.69, 9.17) is 30.0 Å². The molecule has 21 nitrogen and oxygen atoms in total. The zero-order valence-corrected chi connectivity index (χ0v) is 22.4. The molecule has 1 aromatic rings. The summed E-state index contributed by atoms with van der Waals surface area (Å²) in [5, 5.41) is 72.8. The summed E-state index contributed by atoms with van der Waals surface area (Å²) in [7, 11) is -5.54. The molecule has 0 bridgehead atoms. The second-order valence-electron chi connectivity index (χ2n) is 9.39. The van der Waals surface area contributed by atoms with Crippen molar-refractivity contribution in [3.63, 3.8) is 0 Å². The van der Waals surface area contributed by atoms with Crippen molar-refractivity contribution in [2.24, 2.45) is 5.73 Å². The Morgan fingerprint density at radius 2 is 1.95 bits per heavy atom. The first-order chi connectivity index (χ1) is 19.6. The van der Waals surface area contributed by atoms with Gasteiger partial charge in [-0.05, 0) is 6.07 Å². The van der Waals surface area contributed by atoms with Crippen LogP contribution < -0.4 is 22.5 Å². The third-order valence-corrected chi connectivity index (χ3v) is 7.46. The number of rotatable bonds is 12. The molecule has 2 aliphatic heterocycles. The van der Waals surface area contributed by atoms with Gasteiger partial charge in [0.15, 0.2) is 6.23 Å². The van der Waals surface area contributed by atoms with Gasteiger partial charge in [-0.15, -0.1) is 0 Å². The number of hydrogen-bond donors (Lipinski definition) is 11. The summed E-state index contributed by atoms with van der Waals surface area (Å²) < 4.78 is 33.7. The van der Waals surface area contributed by atoms with Crippen LogP contribution >= 0.6 is 7.82 Å². The number of nitrogens with one attached hydrogen (secondary N) is 1. The molecule has 22 heteroatoms. The minimum Gasteiger partial charge on any atom is -0.477 e. The number of aliphatic carboxylic acids is 1. The Balaban J connectivity index is 1.79. The van der Waals surface area contributed by atoms with Gasteiger partial charge in [-0.1, -0.05) is 0 Å². The number of nitrogens with zero attached hydrogens (tertiary/aromatic N) is 2. The van der Waals surface area contributed by atoms with E-state index in [1.165, 1.54) is 6.07 Å². The largest absolute Gasteiger partial charge is 0.477 e. The highest BCUT2D eigenvalue weighted by atomic mass is 31.2. The number of carbonyl (C=O) groups excluding carboxylic acids is 1. The lowest BCUT2D eigenvalue weighted by atomic mass is 9.88. The second kappa shape index (κ2) is 13.3. The standard InChI is InChI=1S/C20H32N5O16P/c21-4-11(29)24-12-7(27)3-20(18(33)34,40-16(12)13(30)8(28)5-26)41-42(36,37)38-6-9-14(31)15(32)17(39-9)25-2-1-10(22)23-19(25)35/h1-2,7-9,12-17,26-28,30-32H,3-6,21H2,(H,24,29)(H,33,34)(H,36,37)(H2,22,23,35)/t7?,8-,9?,12?,13-,14?,15?,16?,17?,20?/m1/s1. The molecule has 2 fully saturated rings. The van der Waals surface area contributed by atoms with E-state index in [-0.39, 0.29) is 5.82 Å². The van der Waals surface area contributed by atoms with Gasteiger partial charge in [0.05, 0.1) is 31.9 Å². The van der Waals surface area contributed by atoms with Crippen LogP contribution in [0.2, 0.25) is 0 Å². The summed E-state index contributed by atoms with van der Waals surface area (Å²) >= 11 is 0. The van der Waals surface area contributed by atoms with Crippen LogP contribution in [0.25, 0.3) is 0 Å². The summed E-state index contributed by atoms with van der Waals surface area (Å²) in [6.45, 7) is -2.71. The monoisotopic (exact) mass is 629 g/mol. The van der Waals surface area contributed by atoms with E-state index >= 15 is 0 Å². The Bertz CT molecular complexity index is 1240. The smallest absolute Gasteiger partial charge is 0.475 e. The zero-order valence-electron chi connectivity index (χ0n) is 21.5. The van der Waals surface area contributed by atoms with Crippen LogP contribution in [-0.4, -0.2) is 136 Å². The summed E-state index contributed by atoms with van der Waals surface area (Å²) in [5.41, 5.74) is 9.68. The van der Waals surface area contributed by atoms with E-state index in [0.717, 1.165) is 10.8 Å². The van der Waals surface area contributed by atoms with Gasteiger partial charge in [-0.2, -0.15) is 4.98 Å². The number of amides is 1. The average Bonchev–Trinajstić information content (AvgIpc) is 3.20. The van der Waals surface area contributed by atoms with Crippen molar-refractivity contribution >= 4 is 25.5 Å². The summed E-state index contributed by atoms with van der Waals surface area (Å²) in [4.78, 5) is 49.9. The van der Waals surface area contributed by atoms with Crippen molar-refractivity contribution in [2.75, 3.05) is 25.5 Å². The number of carboxylic acid groups (broad SMARTS) is 1. The molecule has 238 valence electrons. The third-order valence-electron chi connectivity index (χ3n) is 6.46. The van der Waals surface area contributed by atoms with Gasteiger partial charge in [0.2, 0.25) is 5.91 Å². The maximum atomic E-state index is 12.8. The minimum atomic E-state index is -5.54. The van der Waals surface area contributed by atoms with Crippen LogP contribution in [0.15, 0.2) is 17.1 Å². The van der Waals surface area contributed by atoms with Crippen LogP contribution in [0.5, 0.6) is 0 Å². The molecule has 0 saturated carbocycles. The van der Waals surface area contributed by atoms with Crippen molar-refractivity contribution in [1.29, 1.82) is 0 Å². The molecular formula is C20H32N5O16P. The SMILES string of the molecule is NCC(=O)NC1C(O)CC(OP(=O)(O)OCC2OC(n3ccc(N)nc3=O)C(O)C2O)(C(=O)O)OC1[C@H](O)[C@H](O)CO. The number of ether oxygens (including phenoxy) is 2. The molecule has 1 aromatic heterocycles. The number of aliphatic hydroxyl groups excluding tert-OH is 6. The van der Waals surface area contributed by atoms with Gasteiger partial charge >= 0.3 is 19.5 Å². The Morgan fingerprint density at radius 1 is 1.29 bits per heavy atom. The van der Waals surface area contributed by atoms with Gasteiger partial charge in [0.25, 0.3) is 5.79 Å². The summed E-state index contributed by atoms with van der Waals surface area (Å²) in [6, 6.07) is -0.442. The summed E-state index contributed by atoms with van der Waals surface area (Å²) in [5.74, 6) is -6.39. The molecule has 13 N–H and O–H groups in total. The molecule has 0 radical (unpaired) electrons. The number of nitrogens with two attached hydrogens (primary N) is 2. The highest BCUT2D eigenvalue weighted by Gasteiger charge is 2.59. The molecule has 42 heavy (non-hydrogen) atoms. The van der Waals surface area contributed by atoms with Gasteiger partial charge < -0.3 is 66.9 Å². The predicted octanol–water partition coefficient (Wildman–Crippen LogP) is -6.33. The van der Waals surface area contributed by atoms with E-state index in [0.29, 0.717) is 0 Å². The molecule has 11 atom stereocenters. The molecular weight excluding hydrogens is 597 g/mol. The second-order valence-corrected chi connectivity index (χ2v) is 10.8. The number of nitrogen functional groups attached to an aromatic ring is 1. The fraction of sp³-hybridized carbons (Fsp3) is 0.700. The molecule has 9 unspecified atom stereocenters. The lowest BCUT2D eigenvalue weighted by Crippen LogP contribution is -2.68. The van der Waals surface area contributed by atoms with Crippen molar-refractivity contribution in [2.45, 2.75) is 67.2 Å². The number of phosphoric acid groups is 1. The van der Waals surface area contributed by atoms with Crippen LogP contribution in [0.3, 0.4) is 0 Å². The maximum absolute atomic E-state index is 12.8. The van der Waals surface area contributed by atoms with Crippen LogP contribution in [-0.2, 0) is 32.7 Å². The Kier molecular flexibility index (Phi) is 10.8. The number of aliphatic hydroxyl groups is 6. The van der Waals surface area contributed by atoms with Crippen molar-refractivity contribution in [3.8, 4) is 0 Å². The minimum absolute atomic E-state index is 0.140. The zero-order chi connectivity index (χ0) is 31.6. The predicted molar refractivity (Wildman–Crippen MR) is 132 cm³/mol. The Hall–Kier alpha value is -2.63. The Morgan fingerprint density at radius 3 is 2.52 bits per heavy atom.